The van der Waals surface area contributed by atoms with E-state index in [2.05, 4.69) is 0 Å². The van der Waals surface area contributed by atoms with Gasteiger partial charge < -0.3 is 9.47 Å². The quantitative estimate of drug-likeness (QED) is 0.745. The van der Waals surface area contributed by atoms with Crippen LogP contribution in [-0.2, 0) is 9.47 Å². The van der Waals surface area contributed by atoms with Crippen molar-refractivity contribution in [3.8, 4) is 6.07 Å². The van der Waals surface area contributed by atoms with Gasteiger partial charge in [0.15, 0.2) is 0 Å². The maximum absolute atomic E-state index is 12.3. The molecule has 1 fully saturated rings. The molecule has 1 unspecified atom stereocenters. The van der Waals surface area contributed by atoms with Crippen molar-refractivity contribution < 1.29 is 14.3 Å². The summed E-state index contributed by atoms with van der Waals surface area (Å²) in [5.41, 5.74) is -1.19. The molecular formula is C15H24N2O3. The number of allylic oxidation sites excluding steroid dienone is 2. The molecule has 0 radical (unpaired) electrons. The second-order valence-electron chi connectivity index (χ2n) is 6.37. The highest BCUT2D eigenvalue weighted by molar-refractivity contribution is 5.69. The summed E-state index contributed by atoms with van der Waals surface area (Å²) in [6, 6.07) is 1.93. The van der Waals surface area contributed by atoms with Crippen LogP contribution in [0.5, 0.6) is 0 Å². The Labute approximate surface area is 121 Å². The van der Waals surface area contributed by atoms with Crippen molar-refractivity contribution in [2.45, 2.75) is 64.8 Å². The number of carbonyl (C=O) groups excluding carboxylic acids is 1. The molecule has 1 atom stereocenters. The third-order valence-corrected chi connectivity index (χ3v) is 3.02. The summed E-state index contributed by atoms with van der Waals surface area (Å²) >= 11 is 0. The smallest absolute Gasteiger partial charge is 0.412 e. The molecule has 0 aromatic rings. The first kappa shape index (κ1) is 16.5. The Morgan fingerprint density at radius 2 is 2.20 bits per heavy atom. The molecule has 0 aromatic heterocycles. The molecule has 112 valence electrons. The lowest BCUT2D eigenvalue weighted by Gasteiger charge is -2.35. The Balaban J connectivity index is 2.73. The molecule has 1 aliphatic heterocycles. The third-order valence-electron chi connectivity index (χ3n) is 3.02. The molecule has 0 N–H and O–H groups in total. The van der Waals surface area contributed by atoms with Gasteiger partial charge in [-0.2, -0.15) is 5.26 Å². The summed E-state index contributed by atoms with van der Waals surface area (Å²) in [6.07, 6.45) is 4.39. The van der Waals surface area contributed by atoms with E-state index in [1.807, 2.05) is 40.7 Å². The topological polar surface area (TPSA) is 62.6 Å². The third kappa shape index (κ3) is 4.53. The van der Waals surface area contributed by atoms with Crippen molar-refractivity contribution in [3.63, 3.8) is 0 Å². The number of hydrogen-bond donors (Lipinski definition) is 0. The molecule has 0 aliphatic carbocycles. The lowest BCUT2D eigenvalue weighted by Crippen LogP contribution is -2.49. The van der Waals surface area contributed by atoms with Crippen LogP contribution in [0.3, 0.4) is 0 Å². The number of hydrogen-bond acceptors (Lipinski definition) is 4. The fraction of sp³-hybridized carbons (Fsp3) is 0.733. The standard InChI is InChI=1S/C15H24N2O3/c1-14(2,3)20-13(18)17-12(9-7-6-8-10-16)11-19-15(17,4)5/h6,8,12H,7,9,11H2,1-5H3. The Bertz CT molecular complexity index is 416. The Kier molecular flexibility index (Phi) is 5.18. The SMILES string of the molecule is CC(C)(C)OC(=O)N1C(CCC=CC#N)COC1(C)C. The van der Waals surface area contributed by atoms with E-state index in [1.54, 1.807) is 11.0 Å². The maximum atomic E-state index is 12.3. The van der Waals surface area contributed by atoms with E-state index in [-0.39, 0.29) is 12.1 Å². The molecule has 1 heterocycles. The van der Waals surface area contributed by atoms with Gasteiger partial charge in [-0.1, -0.05) is 6.08 Å². The van der Waals surface area contributed by atoms with Crippen molar-refractivity contribution >= 4 is 6.09 Å². The van der Waals surface area contributed by atoms with E-state index in [9.17, 15) is 4.79 Å². The highest BCUT2D eigenvalue weighted by Gasteiger charge is 2.45. The lowest BCUT2D eigenvalue weighted by atomic mass is 10.1. The first-order valence-electron chi connectivity index (χ1n) is 6.88. The molecule has 1 aliphatic rings. The van der Waals surface area contributed by atoms with Gasteiger partial charge in [0.2, 0.25) is 0 Å². The Hall–Kier alpha value is -1.54. The van der Waals surface area contributed by atoms with Gasteiger partial charge in [0, 0.05) is 6.08 Å². The van der Waals surface area contributed by atoms with Crippen LogP contribution >= 0.6 is 0 Å². The summed E-state index contributed by atoms with van der Waals surface area (Å²) < 4.78 is 11.1. The van der Waals surface area contributed by atoms with Gasteiger partial charge in [0.25, 0.3) is 0 Å². The predicted molar refractivity (Wildman–Crippen MR) is 75.9 cm³/mol. The van der Waals surface area contributed by atoms with Gasteiger partial charge in [-0.05, 0) is 47.5 Å². The monoisotopic (exact) mass is 280 g/mol. The molecule has 20 heavy (non-hydrogen) atoms. The van der Waals surface area contributed by atoms with Crippen molar-refractivity contribution in [2.24, 2.45) is 0 Å². The summed E-state index contributed by atoms with van der Waals surface area (Å²) in [5.74, 6) is 0. The number of nitriles is 1. The molecule has 1 amide bonds. The number of rotatable bonds is 3. The van der Waals surface area contributed by atoms with E-state index < -0.39 is 11.3 Å². The molecule has 5 nitrogen and oxygen atoms in total. The number of nitrogens with zero attached hydrogens (tertiary/aromatic N) is 2. The van der Waals surface area contributed by atoms with Gasteiger partial charge in [-0.3, -0.25) is 4.90 Å². The molecular weight excluding hydrogens is 256 g/mol. The van der Waals surface area contributed by atoms with Crippen LogP contribution in [0.15, 0.2) is 12.2 Å². The van der Waals surface area contributed by atoms with Gasteiger partial charge in [-0.25, -0.2) is 4.79 Å². The highest BCUT2D eigenvalue weighted by Crippen LogP contribution is 2.31. The van der Waals surface area contributed by atoms with Gasteiger partial charge in [0.1, 0.15) is 11.3 Å². The second-order valence-corrected chi connectivity index (χ2v) is 6.37. The van der Waals surface area contributed by atoms with E-state index in [0.29, 0.717) is 6.61 Å². The second kappa shape index (κ2) is 6.27. The average Bonchev–Trinajstić information content (AvgIpc) is 2.58. The average molecular weight is 280 g/mol. The zero-order valence-electron chi connectivity index (χ0n) is 13.0. The zero-order chi connectivity index (χ0) is 15.4. The fourth-order valence-corrected chi connectivity index (χ4v) is 2.20. The molecule has 1 saturated heterocycles. The zero-order valence-corrected chi connectivity index (χ0v) is 13.0. The normalized spacial score (nSPS) is 22.0. The van der Waals surface area contributed by atoms with Crippen molar-refractivity contribution in [1.82, 2.24) is 4.90 Å². The van der Waals surface area contributed by atoms with Crippen LogP contribution in [0.2, 0.25) is 0 Å². The van der Waals surface area contributed by atoms with Crippen LogP contribution in [0.4, 0.5) is 4.79 Å². The van der Waals surface area contributed by atoms with Crippen molar-refractivity contribution in [1.29, 1.82) is 5.26 Å². The van der Waals surface area contributed by atoms with Gasteiger partial charge in [0.05, 0.1) is 18.7 Å². The minimum atomic E-state index is -0.661. The fourth-order valence-electron chi connectivity index (χ4n) is 2.20. The summed E-state index contributed by atoms with van der Waals surface area (Å²) in [4.78, 5) is 14.0. The Morgan fingerprint density at radius 3 is 2.75 bits per heavy atom. The summed E-state index contributed by atoms with van der Waals surface area (Å²) in [5, 5.41) is 8.46. The van der Waals surface area contributed by atoms with Crippen molar-refractivity contribution in [3.05, 3.63) is 12.2 Å². The maximum Gasteiger partial charge on any atom is 0.412 e. The Morgan fingerprint density at radius 1 is 1.55 bits per heavy atom. The molecule has 1 rings (SSSR count). The summed E-state index contributed by atoms with van der Waals surface area (Å²) in [7, 11) is 0. The number of ether oxygens (including phenoxy) is 2. The van der Waals surface area contributed by atoms with E-state index in [4.69, 9.17) is 14.7 Å². The van der Waals surface area contributed by atoms with Crippen LogP contribution in [0.25, 0.3) is 0 Å². The minimum absolute atomic E-state index is 0.0248. The summed E-state index contributed by atoms with van der Waals surface area (Å²) in [6.45, 7) is 9.76. The van der Waals surface area contributed by atoms with E-state index >= 15 is 0 Å². The predicted octanol–water partition coefficient (Wildman–Crippen LogP) is 3.22. The van der Waals surface area contributed by atoms with Crippen LogP contribution in [0.1, 0.15) is 47.5 Å². The minimum Gasteiger partial charge on any atom is -0.444 e. The van der Waals surface area contributed by atoms with Crippen LogP contribution < -0.4 is 0 Å². The molecule has 5 heteroatoms. The lowest BCUT2D eigenvalue weighted by molar-refractivity contribution is -0.0626. The number of carbonyl (C=O) groups is 1. The van der Waals surface area contributed by atoms with Crippen molar-refractivity contribution in [2.75, 3.05) is 6.61 Å². The van der Waals surface area contributed by atoms with E-state index in [0.717, 1.165) is 12.8 Å². The molecule has 0 bridgehead atoms. The van der Waals surface area contributed by atoms with E-state index in [1.165, 1.54) is 6.08 Å². The van der Waals surface area contributed by atoms with Crippen LogP contribution in [0, 0.1) is 11.3 Å². The molecule has 0 saturated carbocycles. The van der Waals surface area contributed by atoms with Gasteiger partial charge >= 0.3 is 6.09 Å². The molecule has 0 spiro atoms. The van der Waals surface area contributed by atoms with Gasteiger partial charge in [-0.15, -0.1) is 0 Å². The first-order valence-corrected chi connectivity index (χ1v) is 6.88. The van der Waals surface area contributed by atoms with Crippen LogP contribution in [-0.4, -0.2) is 35.0 Å². The first-order chi connectivity index (χ1) is 9.17. The highest BCUT2D eigenvalue weighted by atomic mass is 16.6. The molecule has 0 aromatic carbocycles. The largest absolute Gasteiger partial charge is 0.444 e. The number of amides is 1.